The molecule has 1 N–H and O–H groups in total. The number of hydrogen-bond acceptors (Lipinski definition) is 2. The molecule has 0 spiro atoms. The Morgan fingerprint density at radius 3 is 2.77 bits per heavy atom. The van der Waals surface area contributed by atoms with Crippen LogP contribution in [0.5, 0.6) is 0 Å². The minimum absolute atomic E-state index is 0.203. The molecule has 70 valence electrons. The minimum atomic E-state index is 0.203. The summed E-state index contributed by atoms with van der Waals surface area (Å²) in [6, 6.07) is 9.46. The van der Waals surface area contributed by atoms with Crippen LogP contribution in [0.4, 0.5) is 0 Å². The van der Waals surface area contributed by atoms with Gasteiger partial charge in [0.05, 0.1) is 1.37 Å². The summed E-state index contributed by atoms with van der Waals surface area (Å²) in [5.41, 5.74) is 0.844. The molecule has 1 aromatic carbocycles. The lowest BCUT2D eigenvalue weighted by Gasteiger charge is -1.92. The molecule has 0 amide bonds. The molecular weight excluding hydrogens is 162 g/mol. The summed E-state index contributed by atoms with van der Waals surface area (Å²) in [6.45, 7) is 0.822. The summed E-state index contributed by atoms with van der Waals surface area (Å²) in [7, 11) is 0. The van der Waals surface area contributed by atoms with Crippen molar-refractivity contribution in [3.63, 3.8) is 0 Å². The van der Waals surface area contributed by atoms with Gasteiger partial charge in [-0.2, -0.15) is 0 Å². The number of unbranched alkanes of at least 4 members (excludes halogenated alkanes) is 1. The number of aliphatic imine (C=N–C) groups is 1. The van der Waals surface area contributed by atoms with Crippen LogP contribution in [0.2, 0.25) is 0 Å². The van der Waals surface area contributed by atoms with E-state index in [1.807, 2.05) is 30.3 Å². The van der Waals surface area contributed by atoms with Crippen LogP contribution in [0.25, 0.3) is 0 Å². The van der Waals surface area contributed by atoms with Crippen LogP contribution in [-0.2, 0) is 0 Å². The fourth-order valence-electron chi connectivity index (χ4n) is 0.963. The Kier molecular flexibility index (Phi) is 4.14. The normalized spacial score (nSPS) is 12.7. The lowest BCUT2D eigenvalue weighted by atomic mass is 10.2. The van der Waals surface area contributed by atoms with Crippen molar-refractivity contribution in [1.82, 2.24) is 0 Å². The number of aliphatic hydroxyl groups is 1. The molecule has 1 rings (SSSR count). The van der Waals surface area contributed by atoms with Gasteiger partial charge in [0.15, 0.2) is 0 Å². The van der Waals surface area contributed by atoms with E-state index in [4.69, 9.17) is 6.48 Å². The highest BCUT2D eigenvalue weighted by Gasteiger charge is 1.84. The van der Waals surface area contributed by atoms with E-state index in [-0.39, 0.29) is 6.61 Å². The highest BCUT2D eigenvalue weighted by atomic mass is 16.2. The second kappa shape index (κ2) is 6.38. The van der Waals surface area contributed by atoms with Crippen molar-refractivity contribution in [1.29, 1.82) is 0 Å². The quantitative estimate of drug-likeness (QED) is 0.542. The van der Waals surface area contributed by atoms with Gasteiger partial charge in [-0.15, -0.1) is 0 Å². The highest BCUT2D eigenvalue weighted by molar-refractivity contribution is 5.79. The summed E-state index contributed by atoms with van der Waals surface area (Å²) >= 11 is 0. The predicted molar refractivity (Wildman–Crippen MR) is 55.2 cm³/mol. The topological polar surface area (TPSA) is 32.6 Å². The average molecular weight is 178 g/mol. The van der Waals surface area contributed by atoms with Crippen molar-refractivity contribution < 1.29 is 6.48 Å². The van der Waals surface area contributed by atoms with E-state index in [0.29, 0.717) is 12.7 Å². The zero-order valence-electron chi connectivity index (χ0n) is 8.61. The molecule has 0 saturated carbocycles. The fraction of sp³-hybridized carbons (Fsp3) is 0.364. The van der Waals surface area contributed by atoms with Gasteiger partial charge in [-0.05, 0) is 18.4 Å². The summed E-state index contributed by atoms with van der Waals surface area (Å²) in [4.78, 5) is 4.10. The van der Waals surface area contributed by atoms with Gasteiger partial charge in [-0.3, -0.25) is 4.99 Å². The number of aliphatic hydroxyl groups excluding tert-OH is 1. The lowest BCUT2D eigenvalue weighted by molar-refractivity contribution is 0.285. The summed E-state index contributed by atoms with van der Waals surface area (Å²) in [5.74, 6) is 0. The van der Waals surface area contributed by atoms with Crippen molar-refractivity contribution >= 4 is 6.19 Å². The van der Waals surface area contributed by atoms with Crippen molar-refractivity contribution in [3.8, 4) is 0 Å². The Balaban J connectivity index is 2.44. The molecule has 0 saturated heterocycles. The van der Waals surface area contributed by atoms with E-state index in [1.165, 1.54) is 0 Å². The van der Waals surface area contributed by atoms with Crippen LogP contribution in [0.15, 0.2) is 35.3 Å². The van der Waals surface area contributed by atoms with E-state index in [1.54, 1.807) is 0 Å². The largest absolute Gasteiger partial charge is 0.396 e. The molecule has 0 aliphatic rings. The molecule has 0 atom stereocenters. The Labute approximate surface area is 80.4 Å². The van der Waals surface area contributed by atoms with Gasteiger partial charge in [0.25, 0.3) is 0 Å². The molecule has 0 radical (unpaired) electrons. The molecule has 0 aliphatic heterocycles. The summed E-state index contributed by atoms with van der Waals surface area (Å²) in [5, 5.41) is 8.55. The molecule has 0 heterocycles. The molecule has 2 heteroatoms. The SMILES string of the molecule is [2H]C(=NCCCCO)c1ccccc1. The Hall–Kier alpha value is -1.15. The fourth-order valence-corrected chi connectivity index (χ4v) is 0.963. The first-order valence-electron chi connectivity index (χ1n) is 5.02. The van der Waals surface area contributed by atoms with E-state index in [9.17, 15) is 0 Å². The molecule has 13 heavy (non-hydrogen) atoms. The Morgan fingerprint density at radius 1 is 1.31 bits per heavy atom. The van der Waals surface area contributed by atoms with E-state index in [0.717, 1.165) is 18.4 Å². The van der Waals surface area contributed by atoms with Gasteiger partial charge >= 0.3 is 0 Å². The monoisotopic (exact) mass is 178 g/mol. The molecule has 1 aromatic rings. The first-order chi connectivity index (χ1) is 6.84. The highest BCUT2D eigenvalue weighted by Crippen LogP contribution is 1.94. The maximum Gasteiger partial charge on any atom is 0.0842 e. The van der Waals surface area contributed by atoms with E-state index >= 15 is 0 Å². The van der Waals surface area contributed by atoms with Gasteiger partial charge in [-0.1, -0.05) is 30.3 Å². The van der Waals surface area contributed by atoms with Crippen molar-refractivity contribution in [2.45, 2.75) is 12.8 Å². The molecule has 0 bridgehead atoms. The number of benzene rings is 1. The maximum atomic E-state index is 8.55. The molecule has 0 aliphatic carbocycles. The second-order valence-corrected chi connectivity index (χ2v) is 2.79. The first kappa shape index (κ1) is 8.45. The molecular formula is C11H15NO. The zero-order valence-corrected chi connectivity index (χ0v) is 7.61. The molecule has 0 fully saturated rings. The van der Waals surface area contributed by atoms with Gasteiger partial charge in [-0.25, -0.2) is 0 Å². The summed E-state index contributed by atoms with van der Waals surface area (Å²) < 4.78 is 7.64. The van der Waals surface area contributed by atoms with E-state index in [2.05, 4.69) is 4.99 Å². The summed E-state index contributed by atoms with van der Waals surface area (Å²) in [6.07, 6.45) is 1.92. The third kappa shape index (κ3) is 4.43. The number of nitrogens with zero attached hydrogens (tertiary/aromatic N) is 1. The minimum Gasteiger partial charge on any atom is -0.396 e. The second-order valence-electron chi connectivity index (χ2n) is 2.79. The smallest absolute Gasteiger partial charge is 0.0842 e. The Bertz CT molecular complexity index is 285. The van der Waals surface area contributed by atoms with Gasteiger partial charge in [0.2, 0.25) is 0 Å². The first-order valence-corrected chi connectivity index (χ1v) is 4.52. The average Bonchev–Trinajstić information content (AvgIpc) is 2.25. The zero-order chi connectivity index (χ0) is 10.2. The predicted octanol–water partition coefficient (Wildman–Crippen LogP) is 1.88. The molecule has 2 nitrogen and oxygen atoms in total. The van der Waals surface area contributed by atoms with Crippen LogP contribution in [-0.4, -0.2) is 24.4 Å². The maximum absolute atomic E-state index is 8.55. The van der Waals surface area contributed by atoms with Crippen LogP contribution < -0.4 is 0 Å². The van der Waals surface area contributed by atoms with Crippen molar-refractivity contribution in [3.05, 3.63) is 35.9 Å². The molecule has 0 aromatic heterocycles. The molecule has 0 unspecified atom stereocenters. The van der Waals surface area contributed by atoms with Crippen LogP contribution in [0.3, 0.4) is 0 Å². The number of hydrogen-bond donors (Lipinski definition) is 1. The standard InChI is InChI=1S/C11H15NO/c13-9-5-4-8-12-10-11-6-2-1-3-7-11/h1-3,6-7,10,13H,4-5,8-9H2/i10D. The van der Waals surface area contributed by atoms with Gasteiger partial charge in [0.1, 0.15) is 0 Å². The van der Waals surface area contributed by atoms with Crippen molar-refractivity contribution in [2.75, 3.05) is 13.2 Å². The van der Waals surface area contributed by atoms with E-state index < -0.39 is 0 Å². The lowest BCUT2D eigenvalue weighted by Crippen LogP contribution is -1.87. The van der Waals surface area contributed by atoms with Crippen LogP contribution >= 0.6 is 0 Å². The number of rotatable bonds is 5. The van der Waals surface area contributed by atoms with Crippen molar-refractivity contribution in [2.24, 2.45) is 4.99 Å². The van der Waals surface area contributed by atoms with Gasteiger partial charge in [0, 0.05) is 19.3 Å². The van der Waals surface area contributed by atoms with Crippen LogP contribution in [0.1, 0.15) is 19.8 Å². The third-order valence-electron chi connectivity index (χ3n) is 1.66. The third-order valence-corrected chi connectivity index (χ3v) is 1.66. The Morgan fingerprint density at radius 2 is 2.08 bits per heavy atom. The van der Waals surface area contributed by atoms with Crippen LogP contribution in [0, 0.1) is 0 Å². The van der Waals surface area contributed by atoms with Gasteiger partial charge < -0.3 is 5.11 Å².